The van der Waals surface area contributed by atoms with Gasteiger partial charge in [-0.25, -0.2) is 0 Å². The van der Waals surface area contributed by atoms with Crippen LogP contribution in [0.5, 0.6) is 0 Å². The fourth-order valence-corrected chi connectivity index (χ4v) is 1.53. The second-order valence-electron chi connectivity index (χ2n) is 4.34. The van der Waals surface area contributed by atoms with Gasteiger partial charge in [0.15, 0.2) is 0 Å². The molecule has 0 aliphatic carbocycles. The molecular weight excluding hydrogens is 230 g/mol. The number of carbonyl (C=O) groups excluding carboxylic acids is 1. The van der Waals surface area contributed by atoms with Crippen LogP contribution in [0.15, 0.2) is 28.8 Å². The lowest BCUT2D eigenvalue weighted by atomic mass is 10.1. The Morgan fingerprint density at radius 3 is 2.44 bits per heavy atom. The van der Waals surface area contributed by atoms with Crippen LogP contribution in [0, 0.1) is 6.92 Å². The average molecular weight is 245 g/mol. The first-order valence-electron chi connectivity index (χ1n) is 5.78. The minimum Gasteiger partial charge on any atom is -0.350 e. The summed E-state index contributed by atoms with van der Waals surface area (Å²) in [7, 11) is 0. The molecule has 1 aromatic heterocycles. The second-order valence-corrected chi connectivity index (χ2v) is 4.34. The number of hydrogen-bond acceptors (Lipinski definition) is 4. The van der Waals surface area contributed by atoms with E-state index in [4.69, 9.17) is 4.52 Å². The normalized spacial score (nSPS) is 10.7. The first-order chi connectivity index (χ1) is 8.56. The maximum Gasteiger partial charge on any atom is 0.251 e. The third-order valence-electron chi connectivity index (χ3n) is 2.35. The van der Waals surface area contributed by atoms with Crippen LogP contribution in [0.3, 0.4) is 0 Å². The Bertz CT molecular complexity index is 544. The predicted octanol–water partition coefficient (Wildman–Crippen LogP) is 2.18. The molecule has 5 heteroatoms. The van der Waals surface area contributed by atoms with Gasteiger partial charge in [0.05, 0.1) is 0 Å². The summed E-state index contributed by atoms with van der Waals surface area (Å²) >= 11 is 0. The molecule has 0 spiro atoms. The van der Waals surface area contributed by atoms with Gasteiger partial charge in [-0.15, -0.1) is 0 Å². The van der Waals surface area contributed by atoms with Gasteiger partial charge in [-0.2, -0.15) is 4.98 Å². The Kier molecular flexibility index (Phi) is 3.41. The molecule has 1 aromatic carbocycles. The fourth-order valence-electron chi connectivity index (χ4n) is 1.53. The van der Waals surface area contributed by atoms with Gasteiger partial charge >= 0.3 is 0 Å². The van der Waals surface area contributed by atoms with Crippen molar-refractivity contribution in [2.75, 3.05) is 0 Å². The van der Waals surface area contributed by atoms with Gasteiger partial charge in [0, 0.05) is 24.1 Å². The number of hydrogen-bond donors (Lipinski definition) is 1. The lowest BCUT2D eigenvalue weighted by Crippen LogP contribution is -2.29. The Hall–Kier alpha value is -2.17. The van der Waals surface area contributed by atoms with E-state index in [1.54, 1.807) is 31.2 Å². The molecule has 1 amide bonds. The number of benzene rings is 1. The highest BCUT2D eigenvalue weighted by molar-refractivity contribution is 5.94. The summed E-state index contributed by atoms with van der Waals surface area (Å²) in [6, 6.07) is 7.23. The smallest absolute Gasteiger partial charge is 0.251 e. The molecule has 0 bridgehead atoms. The molecule has 18 heavy (non-hydrogen) atoms. The van der Waals surface area contributed by atoms with Crippen LogP contribution >= 0.6 is 0 Å². The van der Waals surface area contributed by atoms with E-state index in [0.29, 0.717) is 17.3 Å². The van der Waals surface area contributed by atoms with Crippen LogP contribution in [0.1, 0.15) is 30.1 Å². The summed E-state index contributed by atoms with van der Waals surface area (Å²) in [6.45, 7) is 5.59. The van der Waals surface area contributed by atoms with Crippen LogP contribution in [0.25, 0.3) is 11.4 Å². The first-order valence-corrected chi connectivity index (χ1v) is 5.78. The lowest BCUT2D eigenvalue weighted by molar-refractivity contribution is 0.0943. The molecule has 5 nitrogen and oxygen atoms in total. The first kappa shape index (κ1) is 12.3. The van der Waals surface area contributed by atoms with Gasteiger partial charge in [-0.1, -0.05) is 17.3 Å². The van der Waals surface area contributed by atoms with Gasteiger partial charge < -0.3 is 9.84 Å². The number of aryl methyl sites for hydroxylation is 1. The zero-order valence-electron chi connectivity index (χ0n) is 10.6. The number of nitrogens with one attached hydrogen (secondary N) is 1. The average Bonchev–Trinajstić information content (AvgIpc) is 2.75. The van der Waals surface area contributed by atoms with E-state index in [1.807, 2.05) is 13.8 Å². The van der Waals surface area contributed by atoms with Crippen molar-refractivity contribution in [3.8, 4) is 11.4 Å². The van der Waals surface area contributed by atoms with Crippen molar-refractivity contribution < 1.29 is 9.32 Å². The van der Waals surface area contributed by atoms with E-state index in [9.17, 15) is 4.79 Å². The van der Waals surface area contributed by atoms with Crippen molar-refractivity contribution in [3.05, 3.63) is 35.7 Å². The van der Waals surface area contributed by atoms with Gasteiger partial charge in [-0.05, 0) is 26.0 Å². The number of carbonyl (C=O) groups is 1. The van der Waals surface area contributed by atoms with Crippen LogP contribution in [-0.2, 0) is 0 Å². The van der Waals surface area contributed by atoms with Crippen molar-refractivity contribution in [1.29, 1.82) is 0 Å². The standard InChI is InChI=1S/C13H15N3O2/c1-8(2)14-13(17)11-6-4-10(5-7-11)12-15-9(3)18-16-12/h4-8H,1-3H3,(H,14,17). The lowest BCUT2D eigenvalue weighted by Gasteiger charge is -2.08. The molecule has 1 N–H and O–H groups in total. The van der Waals surface area contributed by atoms with Crippen molar-refractivity contribution in [3.63, 3.8) is 0 Å². The van der Waals surface area contributed by atoms with E-state index in [1.165, 1.54) is 0 Å². The Balaban J connectivity index is 2.17. The van der Waals surface area contributed by atoms with Crippen molar-refractivity contribution in [2.45, 2.75) is 26.8 Å². The maximum absolute atomic E-state index is 11.7. The molecule has 0 saturated heterocycles. The molecule has 2 aromatic rings. The molecule has 0 atom stereocenters. The van der Waals surface area contributed by atoms with Crippen molar-refractivity contribution >= 4 is 5.91 Å². The van der Waals surface area contributed by atoms with Crippen LogP contribution in [-0.4, -0.2) is 22.1 Å². The van der Waals surface area contributed by atoms with E-state index < -0.39 is 0 Å². The van der Waals surface area contributed by atoms with Gasteiger partial charge in [0.25, 0.3) is 5.91 Å². The van der Waals surface area contributed by atoms with Gasteiger partial charge in [-0.3, -0.25) is 4.79 Å². The Morgan fingerprint density at radius 2 is 1.94 bits per heavy atom. The maximum atomic E-state index is 11.7. The molecule has 0 aliphatic rings. The SMILES string of the molecule is Cc1nc(-c2ccc(C(=O)NC(C)C)cc2)no1. The third-order valence-corrected chi connectivity index (χ3v) is 2.35. The minimum absolute atomic E-state index is 0.0826. The highest BCUT2D eigenvalue weighted by atomic mass is 16.5. The Labute approximate surface area is 105 Å². The van der Waals surface area contributed by atoms with Crippen molar-refractivity contribution in [1.82, 2.24) is 15.5 Å². The summed E-state index contributed by atoms with van der Waals surface area (Å²) in [5, 5.41) is 6.66. The zero-order chi connectivity index (χ0) is 13.1. The number of amides is 1. The fraction of sp³-hybridized carbons (Fsp3) is 0.308. The molecule has 1 heterocycles. The molecule has 0 radical (unpaired) electrons. The van der Waals surface area contributed by atoms with E-state index in [0.717, 1.165) is 5.56 Å². The summed E-state index contributed by atoms with van der Waals surface area (Å²) < 4.78 is 4.91. The molecule has 0 fully saturated rings. The summed E-state index contributed by atoms with van der Waals surface area (Å²) in [5.41, 5.74) is 1.45. The second kappa shape index (κ2) is 5.00. The van der Waals surface area contributed by atoms with Gasteiger partial charge in [0.2, 0.25) is 11.7 Å². The highest BCUT2D eigenvalue weighted by Gasteiger charge is 2.09. The van der Waals surface area contributed by atoms with E-state index in [-0.39, 0.29) is 11.9 Å². The number of aromatic nitrogens is 2. The molecule has 2 rings (SSSR count). The quantitative estimate of drug-likeness (QED) is 0.900. The summed E-state index contributed by atoms with van der Waals surface area (Å²) in [4.78, 5) is 15.9. The highest BCUT2D eigenvalue weighted by Crippen LogP contribution is 2.16. The third kappa shape index (κ3) is 2.74. The molecule has 0 unspecified atom stereocenters. The molecular formula is C13H15N3O2. The largest absolute Gasteiger partial charge is 0.350 e. The topological polar surface area (TPSA) is 68.0 Å². The summed E-state index contributed by atoms with van der Waals surface area (Å²) in [5.74, 6) is 0.968. The predicted molar refractivity (Wildman–Crippen MR) is 67.1 cm³/mol. The Morgan fingerprint density at radius 1 is 1.28 bits per heavy atom. The monoisotopic (exact) mass is 245 g/mol. The van der Waals surface area contributed by atoms with Gasteiger partial charge in [0.1, 0.15) is 0 Å². The summed E-state index contributed by atoms with van der Waals surface area (Å²) in [6.07, 6.45) is 0. The minimum atomic E-state index is -0.0826. The van der Waals surface area contributed by atoms with Crippen LogP contribution in [0.4, 0.5) is 0 Å². The van der Waals surface area contributed by atoms with Crippen LogP contribution < -0.4 is 5.32 Å². The molecule has 0 aliphatic heterocycles. The van der Waals surface area contributed by atoms with Crippen molar-refractivity contribution in [2.24, 2.45) is 0 Å². The molecule has 94 valence electrons. The van der Waals surface area contributed by atoms with E-state index in [2.05, 4.69) is 15.5 Å². The number of nitrogens with zero attached hydrogens (tertiary/aromatic N) is 2. The van der Waals surface area contributed by atoms with E-state index >= 15 is 0 Å². The molecule has 0 saturated carbocycles. The number of rotatable bonds is 3. The zero-order valence-corrected chi connectivity index (χ0v) is 10.6. The van der Waals surface area contributed by atoms with Crippen LogP contribution in [0.2, 0.25) is 0 Å².